The molecule has 1 spiro atoms. The zero-order chi connectivity index (χ0) is 15.2. The fourth-order valence-electron chi connectivity index (χ4n) is 3.63. The van der Waals surface area contributed by atoms with Crippen LogP contribution in [0.2, 0.25) is 0 Å². The van der Waals surface area contributed by atoms with Crippen LogP contribution >= 0.6 is 0 Å². The lowest BCUT2D eigenvalue weighted by Gasteiger charge is -2.35. The van der Waals surface area contributed by atoms with E-state index >= 15 is 0 Å². The van der Waals surface area contributed by atoms with Gasteiger partial charge in [-0.05, 0) is 36.5 Å². The first-order valence-corrected chi connectivity index (χ1v) is 7.56. The van der Waals surface area contributed by atoms with Crippen LogP contribution in [-0.2, 0) is 17.6 Å². The molecule has 22 heavy (non-hydrogen) atoms. The van der Waals surface area contributed by atoms with Crippen molar-refractivity contribution in [3.05, 3.63) is 48.0 Å². The smallest absolute Gasteiger partial charge is 0.282 e. The van der Waals surface area contributed by atoms with Gasteiger partial charge in [0.25, 0.3) is 6.02 Å². The first-order chi connectivity index (χ1) is 10.7. The second-order valence-corrected chi connectivity index (χ2v) is 6.06. The third kappa shape index (κ3) is 1.96. The van der Waals surface area contributed by atoms with Crippen molar-refractivity contribution >= 4 is 6.02 Å². The highest BCUT2D eigenvalue weighted by molar-refractivity contribution is 5.75. The highest BCUT2D eigenvalue weighted by atomic mass is 16.5. The Morgan fingerprint density at radius 3 is 2.82 bits per heavy atom. The third-order valence-corrected chi connectivity index (χ3v) is 4.84. The lowest BCUT2D eigenvalue weighted by atomic mass is 9.74. The highest BCUT2D eigenvalue weighted by Gasteiger charge is 2.45. The topological polar surface area (TPSA) is 73.4 Å². The number of benzene rings is 1. The summed E-state index contributed by atoms with van der Waals surface area (Å²) < 4.78 is 5.59. The summed E-state index contributed by atoms with van der Waals surface area (Å²) in [5.74, 6) is 0. The van der Waals surface area contributed by atoms with Crippen LogP contribution in [0, 0.1) is 0 Å². The molecule has 1 aromatic heterocycles. The van der Waals surface area contributed by atoms with Crippen LogP contribution in [-0.4, -0.2) is 27.6 Å². The maximum Gasteiger partial charge on any atom is 0.282 e. The summed E-state index contributed by atoms with van der Waals surface area (Å²) in [6.45, 7) is 2.06. The average molecular weight is 294 g/mol. The van der Waals surface area contributed by atoms with Gasteiger partial charge in [0.15, 0.2) is 0 Å². The van der Waals surface area contributed by atoms with Gasteiger partial charge >= 0.3 is 0 Å². The van der Waals surface area contributed by atoms with Crippen molar-refractivity contribution in [3.63, 3.8) is 0 Å². The van der Waals surface area contributed by atoms with E-state index in [1.807, 2.05) is 12.4 Å². The van der Waals surface area contributed by atoms with Gasteiger partial charge in [0, 0.05) is 24.4 Å². The van der Waals surface area contributed by atoms with Gasteiger partial charge in [0.2, 0.25) is 0 Å². The van der Waals surface area contributed by atoms with Gasteiger partial charge in [-0.3, -0.25) is 0 Å². The van der Waals surface area contributed by atoms with Crippen LogP contribution in [0.4, 0.5) is 0 Å². The third-order valence-electron chi connectivity index (χ3n) is 4.84. The molecule has 0 radical (unpaired) electrons. The van der Waals surface area contributed by atoms with Crippen LogP contribution in [0.3, 0.4) is 0 Å². The van der Waals surface area contributed by atoms with Crippen molar-refractivity contribution in [2.75, 3.05) is 0 Å². The number of nitrogens with zero attached hydrogens (tertiary/aromatic N) is 3. The lowest BCUT2D eigenvalue weighted by molar-refractivity contribution is 0.140. The lowest BCUT2D eigenvalue weighted by Crippen LogP contribution is -2.41. The molecule has 2 N–H and O–H groups in total. The van der Waals surface area contributed by atoms with E-state index in [1.54, 1.807) is 6.33 Å². The molecule has 0 saturated carbocycles. The monoisotopic (exact) mass is 294 g/mol. The summed E-state index contributed by atoms with van der Waals surface area (Å²) in [6.07, 6.45) is 8.10. The molecule has 4 rings (SSSR count). The summed E-state index contributed by atoms with van der Waals surface area (Å²) in [5, 5.41) is 0. The largest absolute Gasteiger partial charge is 0.460 e. The maximum absolute atomic E-state index is 5.78. The summed E-state index contributed by atoms with van der Waals surface area (Å²) in [4.78, 5) is 12.9. The number of amidine groups is 1. The molecule has 1 aliphatic carbocycles. The molecule has 2 atom stereocenters. The Kier molecular flexibility index (Phi) is 2.89. The quantitative estimate of drug-likeness (QED) is 0.874. The SMILES string of the molecule is C[C@H]1OC(N)=N[C@]12CCc1c(cccc1-c1cncnc1)C2. The number of aromatic nitrogens is 2. The van der Waals surface area contributed by atoms with Gasteiger partial charge in [0.05, 0.1) is 0 Å². The summed E-state index contributed by atoms with van der Waals surface area (Å²) >= 11 is 0. The highest BCUT2D eigenvalue weighted by Crippen LogP contribution is 2.41. The Morgan fingerprint density at radius 2 is 2.09 bits per heavy atom. The van der Waals surface area contributed by atoms with Crippen molar-refractivity contribution in [1.29, 1.82) is 0 Å². The first-order valence-electron chi connectivity index (χ1n) is 7.56. The second kappa shape index (κ2) is 4.80. The molecule has 5 heteroatoms. The normalized spacial score (nSPS) is 26.4. The average Bonchev–Trinajstić information content (AvgIpc) is 2.80. The van der Waals surface area contributed by atoms with Gasteiger partial charge in [-0.2, -0.15) is 0 Å². The van der Waals surface area contributed by atoms with Gasteiger partial charge in [0.1, 0.15) is 18.0 Å². The molecule has 2 aromatic rings. The molecule has 1 aliphatic heterocycles. The van der Waals surface area contributed by atoms with Crippen LogP contribution < -0.4 is 5.73 Å². The van der Waals surface area contributed by atoms with Gasteiger partial charge < -0.3 is 10.5 Å². The van der Waals surface area contributed by atoms with Gasteiger partial charge in [-0.25, -0.2) is 15.0 Å². The summed E-state index contributed by atoms with van der Waals surface area (Å²) in [5.41, 5.74) is 10.6. The van der Waals surface area contributed by atoms with E-state index in [2.05, 4.69) is 40.1 Å². The number of rotatable bonds is 1. The molecule has 0 saturated heterocycles. The van der Waals surface area contributed by atoms with Gasteiger partial charge in [-0.15, -0.1) is 0 Å². The van der Waals surface area contributed by atoms with Crippen molar-refractivity contribution in [3.8, 4) is 11.1 Å². The number of hydrogen-bond donors (Lipinski definition) is 1. The number of aliphatic imine (C=N–C) groups is 1. The minimum Gasteiger partial charge on any atom is -0.460 e. The van der Waals surface area contributed by atoms with E-state index < -0.39 is 0 Å². The Hall–Kier alpha value is -2.43. The Balaban J connectivity index is 1.76. The van der Waals surface area contributed by atoms with Crippen molar-refractivity contribution < 1.29 is 4.74 Å². The van der Waals surface area contributed by atoms with E-state index in [1.165, 1.54) is 16.7 Å². The molecule has 0 bridgehead atoms. The number of hydrogen-bond acceptors (Lipinski definition) is 5. The summed E-state index contributed by atoms with van der Waals surface area (Å²) in [7, 11) is 0. The first kappa shape index (κ1) is 13.2. The molecular formula is C17H18N4O. The number of nitrogens with two attached hydrogens (primary N) is 1. The van der Waals surface area contributed by atoms with E-state index in [-0.39, 0.29) is 11.6 Å². The molecule has 0 amide bonds. The molecule has 2 aliphatic rings. The second-order valence-electron chi connectivity index (χ2n) is 6.06. The molecule has 0 unspecified atom stereocenters. The van der Waals surface area contributed by atoms with Crippen LogP contribution in [0.15, 0.2) is 41.9 Å². The van der Waals surface area contributed by atoms with Crippen molar-refractivity contribution in [2.24, 2.45) is 10.7 Å². The molecule has 5 nitrogen and oxygen atoms in total. The Morgan fingerprint density at radius 1 is 1.27 bits per heavy atom. The van der Waals surface area contributed by atoms with E-state index in [4.69, 9.17) is 10.5 Å². The minimum atomic E-state index is -0.205. The van der Waals surface area contributed by atoms with Crippen LogP contribution in [0.1, 0.15) is 24.5 Å². The Labute approximate surface area is 129 Å². The van der Waals surface area contributed by atoms with Crippen LogP contribution in [0.5, 0.6) is 0 Å². The molecule has 0 fully saturated rings. The predicted octanol–water partition coefficient (Wildman–Crippen LogP) is 2.10. The van der Waals surface area contributed by atoms with E-state index in [9.17, 15) is 0 Å². The summed E-state index contributed by atoms with van der Waals surface area (Å²) in [6, 6.07) is 6.74. The van der Waals surface area contributed by atoms with Crippen LogP contribution in [0.25, 0.3) is 11.1 Å². The van der Waals surface area contributed by atoms with E-state index in [0.717, 1.165) is 24.8 Å². The predicted molar refractivity (Wildman–Crippen MR) is 84.4 cm³/mol. The fraction of sp³-hybridized carbons (Fsp3) is 0.353. The standard InChI is InChI=1S/C17H18N4O/c1-11-17(21-16(18)22-11)6-5-15-12(7-17)3-2-4-14(15)13-8-19-10-20-9-13/h2-4,8-11H,5-7H2,1H3,(H2,18,21)/t11-,17+/m1/s1. The van der Waals surface area contributed by atoms with E-state index in [0.29, 0.717) is 6.02 Å². The molecule has 112 valence electrons. The van der Waals surface area contributed by atoms with Crippen molar-refractivity contribution in [1.82, 2.24) is 9.97 Å². The number of fused-ring (bicyclic) bond motifs is 1. The molecule has 2 heterocycles. The number of ether oxygens (including phenoxy) is 1. The minimum absolute atomic E-state index is 0.0318. The maximum atomic E-state index is 5.78. The fourth-order valence-corrected chi connectivity index (χ4v) is 3.63. The molecule has 1 aromatic carbocycles. The zero-order valence-corrected chi connectivity index (χ0v) is 12.5. The van der Waals surface area contributed by atoms with Crippen molar-refractivity contribution in [2.45, 2.75) is 37.8 Å². The molecular weight excluding hydrogens is 276 g/mol. The zero-order valence-electron chi connectivity index (χ0n) is 12.5. The Bertz CT molecular complexity index is 744. The van der Waals surface area contributed by atoms with Gasteiger partial charge in [-0.1, -0.05) is 18.2 Å².